The third-order valence-electron chi connectivity index (χ3n) is 4.03. The fraction of sp³-hybridized carbons (Fsp3) is 0.600. The quantitative estimate of drug-likeness (QED) is 0.885. The summed E-state index contributed by atoms with van der Waals surface area (Å²) < 4.78 is 5.17. The van der Waals surface area contributed by atoms with Gasteiger partial charge in [0.2, 0.25) is 0 Å². The highest BCUT2D eigenvalue weighted by atomic mass is 16.5. The molecule has 2 atom stereocenters. The van der Waals surface area contributed by atoms with Crippen molar-refractivity contribution < 1.29 is 9.84 Å². The second-order valence-corrected chi connectivity index (χ2v) is 5.19. The summed E-state index contributed by atoms with van der Waals surface area (Å²) in [4.78, 5) is 2.38. The van der Waals surface area contributed by atoms with Crippen LogP contribution in [0.25, 0.3) is 0 Å². The molecule has 1 aliphatic heterocycles. The van der Waals surface area contributed by atoms with E-state index in [4.69, 9.17) is 4.74 Å². The first-order valence-corrected chi connectivity index (χ1v) is 6.68. The number of piperidine rings is 1. The molecule has 1 saturated heterocycles. The highest BCUT2D eigenvalue weighted by Crippen LogP contribution is 2.25. The largest absolute Gasteiger partial charge is 0.497 e. The molecule has 0 unspecified atom stereocenters. The summed E-state index contributed by atoms with van der Waals surface area (Å²) in [5, 5.41) is 9.49. The Bertz CT molecular complexity index is 363. The zero-order valence-electron chi connectivity index (χ0n) is 11.3. The Morgan fingerprint density at radius 3 is 2.67 bits per heavy atom. The fourth-order valence-electron chi connectivity index (χ4n) is 2.86. The van der Waals surface area contributed by atoms with Gasteiger partial charge in [-0.25, -0.2) is 0 Å². The molecule has 1 heterocycles. The Hall–Kier alpha value is -1.06. The van der Waals surface area contributed by atoms with E-state index in [0.29, 0.717) is 18.6 Å². The number of likely N-dealkylation sites (tertiary alicyclic amines) is 1. The lowest BCUT2D eigenvalue weighted by atomic mass is 9.86. The van der Waals surface area contributed by atoms with E-state index in [0.717, 1.165) is 25.1 Å². The summed E-state index contributed by atoms with van der Waals surface area (Å²) in [7, 11) is 3.85. The van der Waals surface area contributed by atoms with Crippen molar-refractivity contribution in [1.29, 1.82) is 0 Å². The maximum absolute atomic E-state index is 9.49. The number of ether oxygens (including phenoxy) is 1. The molecular formula is C15H23NO2. The summed E-state index contributed by atoms with van der Waals surface area (Å²) in [6.45, 7) is 1.43. The number of benzene rings is 1. The van der Waals surface area contributed by atoms with Crippen LogP contribution in [0.5, 0.6) is 5.75 Å². The molecular weight excluding hydrogens is 226 g/mol. The summed E-state index contributed by atoms with van der Waals surface area (Å²) in [5.41, 5.74) is 1.31. The predicted octanol–water partition coefficient (Wildman–Crippen LogP) is 1.94. The van der Waals surface area contributed by atoms with E-state index in [9.17, 15) is 5.11 Å². The third kappa shape index (κ3) is 3.03. The van der Waals surface area contributed by atoms with Gasteiger partial charge in [0.15, 0.2) is 0 Å². The van der Waals surface area contributed by atoms with Crippen molar-refractivity contribution in [3.8, 4) is 5.75 Å². The zero-order valence-corrected chi connectivity index (χ0v) is 11.3. The smallest absolute Gasteiger partial charge is 0.118 e. The molecule has 100 valence electrons. The normalized spacial score (nSPS) is 25.1. The van der Waals surface area contributed by atoms with Crippen LogP contribution in [0.4, 0.5) is 0 Å². The van der Waals surface area contributed by atoms with Crippen LogP contribution in [0.3, 0.4) is 0 Å². The molecule has 1 aromatic rings. The highest BCUT2D eigenvalue weighted by Gasteiger charge is 2.28. The molecule has 3 nitrogen and oxygen atoms in total. The Kier molecular flexibility index (Phi) is 4.61. The topological polar surface area (TPSA) is 32.7 Å². The molecule has 0 aliphatic carbocycles. The lowest BCUT2D eigenvalue weighted by molar-refractivity contribution is 0.0746. The van der Waals surface area contributed by atoms with E-state index in [2.05, 4.69) is 24.1 Å². The van der Waals surface area contributed by atoms with Gasteiger partial charge >= 0.3 is 0 Å². The minimum absolute atomic E-state index is 0.297. The molecule has 1 N–H and O–H groups in total. The van der Waals surface area contributed by atoms with Crippen LogP contribution < -0.4 is 4.74 Å². The van der Waals surface area contributed by atoms with E-state index in [1.54, 1.807) is 7.11 Å². The third-order valence-corrected chi connectivity index (χ3v) is 4.03. The SMILES string of the molecule is COc1ccc(C[C@H]2[C@@H](CO)CCCN2C)cc1. The van der Waals surface area contributed by atoms with E-state index < -0.39 is 0 Å². The maximum Gasteiger partial charge on any atom is 0.118 e. The molecule has 0 aromatic heterocycles. The fourth-order valence-corrected chi connectivity index (χ4v) is 2.86. The van der Waals surface area contributed by atoms with Gasteiger partial charge in [0.25, 0.3) is 0 Å². The molecule has 1 fully saturated rings. The first kappa shape index (κ1) is 13.4. The van der Waals surface area contributed by atoms with Gasteiger partial charge in [-0.3, -0.25) is 0 Å². The van der Waals surface area contributed by atoms with Gasteiger partial charge in [-0.2, -0.15) is 0 Å². The van der Waals surface area contributed by atoms with Gasteiger partial charge in [0, 0.05) is 12.6 Å². The van der Waals surface area contributed by atoms with E-state index in [1.165, 1.54) is 12.0 Å². The van der Waals surface area contributed by atoms with Crippen molar-refractivity contribution >= 4 is 0 Å². The first-order chi connectivity index (χ1) is 8.74. The molecule has 3 heteroatoms. The Balaban J connectivity index is 2.05. The molecule has 0 bridgehead atoms. The summed E-state index contributed by atoms with van der Waals surface area (Å²) >= 11 is 0. The summed E-state index contributed by atoms with van der Waals surface area (Å²) in [6.07, 6.45) is 3.34. The van der Waals surface area contributed by atoms with Gasteiger partial charge in [-0.15, -0.1) is 0 Å². The number of aliphatic hydroxyl groups is 1. The molecule has 1 aromatic carbocycles. The van der Waals surface area contributed by atoms with Gasteiger partial charge in [0.05, 0.1) is 7.11 Å². The maximum atomic E-state index is 9.49. The number of rotatable bonds is 4. The average Bonchev–Trinajstić information content (AvgIpc) is 2.42. The highest BCUT2D eigenvalue weighted by molar-refractivity contribution is 5.27. The van der Waals surface area contributed by atoms with Gasteiger partial charge in [-0.1, -0.05) is 12.1 Å². The van der Waals surface area contributed by atoms with Crippen LogP contribution in [-0.4, -0.2) is 43.4 Å². The lowest BCUT2D eigenvalue weighted by Crippen LogP contribution is -2.45. The van der Waals surface area contributed by atoms with Crippen molar-refractivity contribution in [2.24, 2.45) is 5.92 Å². The first-order valence-electron chi connectivity index (χ1n) is 6.68. The number of nitrogens with zero attached hydrogens (tertiary/aromatic N) is 1. The number of methoxy groups -OCH3 is 1. The molecule has 2 rings (SSSR count). The van der Waals surface area contributed by atoms with Gasteiger partial charge < -0.3 is 14.7 Å². The van der Waals surface area contributed by atoms with Gasteiger partial charge in [-0.05, 0) is 56.5 Å². The van der Waals surface area contributed by atoms with Crippen LogP contribution in [0.2, 0.25) is 0 Å². The van der Waals surface area contributed by atoms with Crippen LogP contribution in [0.1, 0.15) is 18.4 Å². The van der Waals surface area contributed by atoms with E-state index in [1.807, 2.05) is 12.1 Å². The van der Waals surface area contributed by atoms with Crippen molar-refractivity contribution in [1.82, 2.24) is 4.90 Å². The number of likely N-dealkylation sites (N-methyl/N-ethyl adjacent to an activating group) is 1. The lowest BCUT2D eigenvalue weighted by Gasteiger charge is -2.38. The predicted molar refractivity (Wildman–Crippen MR) is 72.9 cm³/mol. The second-order valence-electron chi connectivity index (χ2n) is 5.19. The number of hydrogen-bond acceptors (Lipinski definition) is 3. The van der Waals surface area contributed by atoms with Crippen molar-refractivity contribution in [2.75, 3.05) is 27.3 Å². The Morgan fingerprint density at radius 2 is 2.06 bits per heavy atom. The number of aliphatic hydroxyl groups excluding tert-OH is 1. The van der Waals surface area contributed by atoms with Crippen LogP contribution in [0, 0.1) is 5.92 Å². The standard InChI is InChI=1S/C15H23NO2/c1-16-9-3-4-13(11-17)15(16)10-12-5-7-14(18-2)8-6-12/h5-8,13,15,17H,3-4,9-11H2,1-2H3/t13-,15+/m1/s1. The minimum atomic E-state index is 0.297. The average molecular weight is 249 g/mol. The number of hydrogen-bond donors (Lipinski definition) is 1. The van der Waals surface area contributed by atoms with E-state index in [-0.39, 0.29) is 0 Å². The zero-order chi connectivity index (χ0) is 13.0. The minimum Gasteiger partial charge on any atom is -0.497 e. The molecule has 0 amide bonds. The van der Waals surface area contributed by atoms with Crippen molar-refractivity contribution in [2.45, 2.75) is 25.3 Å². The molecule has 0 saturated carbocycles. The van der Waals surface area contributed by atoms with Crippen LogP contribution >= 0.6 is 0 Å². The van der Waals surface area contributed by atoms with Gasteiger partial charge in [0.1, 0.15) is 5.75 Å². The van der Waals surface area contributed by atoms with Crippen LogP contribution in [-0.2, 0) is 6.42 Å². The molecule has 0 spiro atoms. The van der Waals surface area contributed by atoms with Crippen molar-refractivity contribution in [3.63, 3.8) is 0 Å². The van der Waals surface area contributed by atoms with E-state index >= 15 is 0 Å². The molecule has 0 radical (unpaired) electrons. The monoisotopic (exact) mass is 249 g/mol. The van der Waals surface area contributed by atoms with Crippen molar-refractivity contribution in [3.05, 3.63) is 29.8 Å². The molecule has 18 heavy (non-hydrogen) atoms. The summed E-state index contributed by atoms with van der Waals surface area (Å²) in [6, 6.07) is 8.71. The molecule has 1 aliphatic rings. The summed E-state index contributed by atoms with van der Waals surface area (Å²) in [5.74, 6) is 1.31. The Labute approximate surface area is 109 Å². The van der Waals surface area contributed by atoms with Crippen LogP contribution in [0.15, 0.2) is 24.3 Å². The second kappa shape index (κ2) is 6.21. The Morgan fingerprint density at radius 1 is 1.33 bits per heavy atom.